The van der Waals surface area contributed by atoms with Gasteiger partial charge in [-0.3, -0.25) is 0 Å². The summed E-state index contributed by atoms with van der Waals surface area (Å²) in [5.74, 6) is -0.306. The summed E-state index contributed by atoms with van der Waals surface area (Å²) in [6.45, 7) is 2.06. The van der Waals surface area contributed by atoms with Crippen molar-refractivity contribution < 1.29 is 9.53 Å². The molecule has 0 spiro atoms. The van der Waals surface area contributed by atoms with Crippen LogP contribution in [0.5, 0.6) is 0 Å². The molecule has 0 saturated carbocycles. The number of nitrogens with zero attached hydrogens (tertiary/aromatic N) is 3. The number of ether oxygens (including phenoxy) is 1. The van der Waals surface area contributed by atoms with E-state index < -0.39 is 5.97 Å². The summed E-state index contributed by atoms with van der Waals surface area (Å²) in [4.78, 5) is 15.5. The lowest BCUT2D eigenvalue weighted by molar-refractivity contribution is 0.0516. The van der Waals surface area contributed by atoms with Crippen LogP contribution in [0.4, 0.5) is 5.95 Å². The monoisotopic (exact) mass is 206 g/mol. The Balaban J connectivity index is 2.55. The zero-order valence-corrected chi connectivity index (χ0v) is 8.17. The second-order valence-corrected chi connectivity index (χ2v) is 2.87. The number of carbonyl (C=O) groups excluding carboxylic acids is 1. The van der Waals surface area contributed by atoms with Crippen molar-refractivity contribution in [2.24, 2.45) is 0 Å². The van der Waals surface area contributed by atoms with Gasteiger partial charge in [0.05, 0.1) is 6.61 Å². The molecule has 6 heteroatoms. The second-order valence-electron chi connectivity index (χ2n) is 2.87. The van der Waals surface area contributed by atoms with Crippen molar-refractivity contribution in [3.8, 4) is 0 Å². The molecule has 2 aromatic rings. The largest absolute Gasteiger partial charge is 0.461 e. The van der Waals surface area contributed by atoms with E-state index in [0.29, 0.717) is 17.9 Å². The first-order valence-electron chi connectivity index (χ1n) is 4.50. The molecule has 0 bridgehead atoms. The highest BCUT2D eigenvalue weighted by Gasteiger charge is 2.12. The van der Waals surface area contributed by atoms with E-state index in [1.54, 1.807) is 25.1 Å². The van der Waals surface area contributed by atoms with Crippen LogP contribution >= 0.6 is 0 Å². The molecule has 0 aliphatic heterocycles. The van der Waals surface area contributed by atoms with Crippen LogP contribution in [0.15, 0.2) is 18.2 Å². The first kappa shape index (κ1) is 9.45. The summed E-state index contributed by atoms with van der Waals surface area (Å²) < 4.78 is 6.25. The summed E-state index contributed by atoms with van der Waals surface area (Å²) in [6.07, 6.45) is 0. The molecule has 0 aromatic carbocycles. The molecule has 0 aliphatic rings. The smallest absolute Gasteiger partial charge is 0.357 e. The van der Waals surface area contributed by atoms with Crippen LogP contribution in [-0.4, -0.2) is 27.2 Å². The molecule has 2 aromatic heterocycles. The first-order valence-corrected chi connectivity index (χ1v) is 4.50. The van der Waals surface area contributed by atoms with E-state index in [0.717, 1.165) is 0 Å². The fourth-order valence-electron chi connectivity index (χ4n) is 1.28. The normalized spacial score (nSPS) is 10.5. The number of hydrogen-bond donors (Lipinski definition) is 1. The van der Waals surface area contributed by atoms with E-state index in [1.807, 2.05) is 0 Å². The third kappa shape index (κ3) is 1.61. The van der Waals surface area contributed by atoms with Crippen LogP contribution in [-0.2, 0) is 4.74 Å². The lowest BCUT2D eigenvalue weighted by atomic mass is 10.3. The number of anilines is 1. The summed E-state index contributed by atoms with van der Waals surface area (Å²) in [5, 5.41) is 3.90. The predicted octanol–water partition coefficient (Wildman–Crippen LogP) is 0.488. The lowest BCUT2D eigenvalue weighted by Gasteiger charge is -2.02. The van der Waals surface area contributed by atoms with Crippen molar-refractivity contribution in [3.05, 3.63) is 23.9 Å². The predicted molar refractivity (Wildman–Crippen MR) is 53.4 cm³/mol. The summed E-state index contributed by atoms with van der Waals surface area (Å²) >= 11 is 0. The Morgan fingerprint density at radius 3 is 3.13 bits per heavy atom. The highest BCUT2D eigenvalue weighted by atomic mass is 16.5. The molecule has 0 radical (unpaired) electrons. The number of rotatable bonds is 2. The number of hydrogen-bond acceptors (Lipinski definition) is 5. The maximum Gasteiger partial charge on any atom is 0.357 e. The van der Waals surface area contributed by atoms with Crippen LogP contribution in [0.2, 0.25) is 0 Å². The highest BCUT2D eigenvalue weighted by Crippen LogP contribution is 2.07. The lowest BCUT2D eigenvalue weighted by Crippen LogP contribution is -2.10. The van der Waals surface area contributed by atoms with Gasteiger partial charge in [-0.05, 0) is 19.1 Å². The molecule has 0 fully saturated rings. The van der Waals surface area contributed by atoms with Gasteiger partial charge in [0, 0.05) is 0 Å². The van der Waals surface area contributed by atoms with E-state index in [1.165, 1.54) is 4.52 Å². The van der Waals surface area contributed by atoms with Crippen molar-refractivity contribution >= 4 is 17.6 Å². The van der Waals surface area contributed by atoms with Crippen LogP contribution in [0, 0.1) is 0 Å². The van der Waals surface area contributed by atoms with Crippen molar-refractivity contribution in [2.45, 2.75) is 6.92 Å². The number of esters is 1. The summed E-state index contributed by atoms with van der Waals surface area (Å²) in [6, 6.07) is 5.03. The Hall–Kier alpha value is -2.11. The van der Waals surface area contributed by atoms with Crippen LogP contribution in [0.25, 0.3) is 5.65 Å². The number of aromatic nitrogens is 3. The topological polar surface area (TPSA) is 82.5 Å². The maximum absolute atomic E-state index is 11.5. The van der Waals surface area contributed by atoms with E-state index in [9.17, 15) is 4.79 Å². The van der Waals surface area contributed by atoms with Crippen molar-refractivity contribution in [3.63, 3.8) is 0 Å². The van der Waals surface area contributed by atoms with Crippen molar-refractivity contribution in [1.29, 1.82) is 0 Å². The van der Waals surface area contributed by atoms with Crippen LogP contribution in [0.3, 0.4) is 0 Å². The molecule has 0 aliphatic carbocycles. The molecular weight excluding hydrogens is 196 g/mol. The maximum atomic E-state index is 11.5. The van der Waals surface area contributed by atoms with Gasteiger partial charge in [0.2, 0.25) is 5.95 Å². The number of pyridine rings is 1. The molecule has 6 nitrogen and oxygen atoms in total. The molecule has 2 N–H and O–H groups in total. The minimum atomic E-state index is -0.437. The SMILES string of the molecule is CCOC(=O)c1cccc2nc(N)nn12. The van der Waals surface area contributed by atoms with Gasteiger partial charge in [0.1, 0.15) is 0 Å². The zero-order chi connectivity index (χ0) is 10.8. The Morgan fingerprint density at radius 1 is 1.60 bits per heavy atom. The molecule has 2 heterocycles. The van der Waals surface area contributed by atoms with E-state index in [-0.39, 0.29) is 5.95 Å². The number of carbonyl (C=O) groups is 1. The standard InChI is InChI=1S/C9H10N4O2/c1-2-15-8(14)6-4-3-5-7-11-9(10)12-13(6)7/h3-5H,2H2,1H3,(H2,10,12). The van der Waals surface area contributed by atoms with E-state index >= 15 is 0 Å². The molecule has 78 valence electrons. The molecule has 15 heavy (non-hydrogen) atoms. The Bertz CT molecular complexity index is 506. The molecule has 0 amide bonds. The second kappa shape index (κ2) is 3.56. The molecule has 0 unspecified atom stereocenters. The molecule has 0 saturated heterocycles. The van der Waals surface area contributed by atoms with Crippen molar-refractivity contribution in [2.75, 3.05) is 12.3 Å². The Labute approximate surface area is 85.7 Å². The average molecular weight is 206 g/mol. The third-order valence-electron chi connectivity index (χ3n) is 1.86. The van der Waals surface area contributed by atoms with E-state index in [2.05, 4.69) is 10.1 Å². The third-order valence-corrected chi connectivity index (χ3v) is 1.86. The summed E-state index contributed by atoms with van der Waals surface area (Å²) in [5.41, 5.74) is 6.28. The minimum absolute atomic E-state index is 0.131. The number of fused-ring (bicyclic) bond motifs is 1. The van der Waals surface area contributed by atoms with Gasteiger partial charge >= 0.3 is 5.97 Å². The molecular formula is C9H10N4O2. The first-order chi connectivity index (χ1) is 7.22. The minimum Gasteiger partial charge on any atom is -0.461 e. The Morgan fingerprint density at radius 2 is 2.40 bits per heavy atom. The zero-order valence-electron chi connectivity index (χ0n) is 8.17. The fourth-order valence-corrected chi connectivity index (χ4v) is 1.28. The summed E-state index contributed by atoms with van der Waals surface area (Å²) in [7, 11) is 0. The van der Waals surface area contributed by atoms with Crippen molar-refractivity contribution in [1.82, 2.24) is 14.6 Å². The average Bonchev–Trinajstić information content (AvgIpc) is 2.57. The van der Waals surface area contributed by atoms with Gasteiger partial charge in [-0.2, -0.15) is 4.98 Å². The quantitative estimate of drug-likeness (QED) is 0.723. The number of nitrogen functional groups attached to an aromatic ring is 1. The molecule has 2 rings (SSSR count). The van der Waals surface area contributed by atoms with E-state index in [4.69, 9.17) is 10.5 Å². The van der Waals surface area contributed by atoms with Crippen LogP contribution < -0.4 is 5.73 Å². The Kier molecular flexibility index (Phi) is 2.24. The van der Waals surface area contributed by atoms with Gasteiger partial charge in [0.15, 0.2) is 11.3 Å². The van der Waals surface area contributed by atoms with Crippen LogP contribution in [0.1, 0.15) is 17.4 Å². The van der Waals surface area contributed by atoms with Gasteiger partial charge in [-0.25, -0.2) is 9.31 Å². The molecule has 0 atom stereocenters. The highest BCUT2D eigenvalue weighted by molar-refractivity contribution is 5.88. The van der Waals surface area contributed by atoms with Gasteiger partial charge in [-0.15, -0.1) is 5.10 Å². The van der Waals surface area contributed by atoms with Gasteiger partial charge in [0.25, 0.3) is 0 Å². The van der Waals surface area contributed by atoms with Gasteiger partial charge in [-0.1, -0.05) is 6.07 Å². The fraction of sp³-hybridized carbons (Fsp3) is 0.222. The number of nitrogens with two attached hydrogens (primary N) is 1. The van der Waals surface area contributed by atoms with Gasteiger partial charge < -0.3 is 10.5 Å².